The molecule has 0 saturated heterocycles. The van der Waals surface area contributed by atoms with E-state index in [9.17, 15) is 14.5 Å². The van der Waals surface area contributed by atoms with Crippen LogP contribution < -0.4 is 10.5 Å². The zero-order chi connectivity index (χ0) is 10.7. The van der Waals surface area contributed by atoms with Gasteiger partial charge in [-0.25, -0.2) is 4.39 Å². The lowest BCUT2D eigenvalue weighted by atomic mass is 10.1. The van der Waals surface area contributed by atoms with Crippen molar-refractivity contribution in [1.82, 2.24) is 0 Å². The van der Waals surface area contributed by atoms with Crippen LogP contribution in [-0.4, -0.2) is 12.0 Å². The van der Waals surface area contributed by atoms with Crippen LogP contribution >= 0.6 is 0 Å². The highest BCUT2D eigenvalue weighted by atomic mass is 19.1. The molecule has 0 radical (unpaired) electrons. The number of nitro groups is 1. The first-order valence-electron chi connectivity index (χ1n) is 3.81. The molecule has 1 aromatic carbocycles. The van der Waals surface area contributed by atoms with Gasteiger partial charge in [-0.1, -0.05) is 0 Å². The molecule has 0 aromatic heterocycles. The van der Waals surface area contributed by atoms with E-state index < -0.39 is 10.7 Å². The van der Waals surface area contributed by atoms with Crippen LogP contribution in [-0.2, 0) is 6.54 Å². The Morgan fingerprint density at radius 2 is 2.29 bits per heavy atom. The van der Waals surface area contributed by atoms with Crippen molar-refractivity contribution in [3.8, 4) is 5.75 Å². The number of nitrogens with two attached hydrogens (primary N) is 1. The van der Waals surface area contributed by atoms with Crippen molar-refractivity contribution >= 4 is 5.69 Å². The summed E-state index contributed by atoms with van der Waals surface area (Å²) in [6.07, 6.45) is 0. The molecule has 0 aliphatic heterocycles. The van der Waals surface area contributed by atoms with Gasteiger partial charge in [0.1, 0.15) is 0 Å². The maximum absolute atomic E-state index is 13.1. The Hall–Kier alpha value is -1.69. The molecule has 0 saturated carbocycles. The Bertz CT molecular complexity index is 368. The molecule has 6 heteroatoms. The van der Waals surface area contributed by atoms with Crippen molar-refractivity contribution in [2.24, 2.45) is 5.73 Å². The van der Waals surface area contributed by atoms with Gasteiger partial charge >= 0.3 is 0 Å². The third kappa shape index (κ3) is 1.80. The Morgan fingerprint density at radius 1 is 1.64 bits per heavy atom. The fourth-order valence-corrected chi connectivity index (χ4v) is 1.07. The summed E-state index contributed by atoms with van der Waals surface area (Å²) in [5, 5.41) is 10.5. The number of nitro benzene ring substituents is 1. The molecule has 5 nitrogen and oxygen atoms in total. The number of rotatable bonds is 3. The molecular formula is C8H9FN2O3. The number of benzene rings is 1. The second kappa shape index (κ2) is 4.01. The molecule has 1 rings (SSSR count). The minimum atomic E-state index is -0.767. The predicted molar refractivity (Wildman–Crippen MR) is 47.5 cm³/mol. The van der Waals surface area contributed by atoms with Crippen molar-refractivity contribution in [1.29, 1.82) is 0 Å². The molecule has 0 fully saturated rings. The van der Waals surface area contributed by atoms with Crippen LogP contribution in [0.3, 0.4) is 0 Å². The van der Waals surface area contributed by atoms with Crippen molar-refractivity contribution in [3.63, 3.8) is 0 Å². The molecule has 2 N–H and O–H groups in total. The van der Waals surface area contributed by atoms with Crippen LogP contribution in [0.15, 0.2) is 12.1 Å². The lowest BCUT2D eigenvalue weighted by Crippen LogP contribution is -2.03. The number of methoxy groups -OCH3 is 1. The van der Waals surface area contributed by atoms with Gasteiger partial charge in [0.25, 0.3) is 5.69 Å². The van der Waals surface area contributed by atoms with Gasteiger partial charge in [0.2, 0.25) is 0 Å². The Balaban J connectivity index is 3.31. The summed E-state index contributed by atoms with van der Waals surface area (Å²) in [7, 11) is 1.28. The molecule has 0 aliphatic carbocycles. The van der Waals surface area contributed by atoms with E-state index in [-0.39, 0.29) is 23.5 Å². The smallest absolute Gasteiger partial charge is 0.277 e. The number of hydrogen-bond acceptors (Lipinski definition) is 4. The summed E-state index contributed by atoms with van der Waals surface area (Å²) in [5.41, 5.74) is 5.20. The van der Waals surface area contributed by atoms with Crippen LogP contribution in [0.25, 0.3) is 0 Å². The molecule has 0 spiro atoms. The maximum atomic E-state index is 13.1. The topological polar surface area (TPSA) is 78.4 Å². The molecule has 0 aliphatic rings. The molecule has 0 unspecified atom stereocenters. The highest BCUT2D eigenvalue weighted by molar-refractivity contribution is 5.46. The zero-order valence-corrected chi connectivity index (χ0v) is 7.49. The molecule has 76 valence electrons. The van der Waals surface area contributed by atoms with Crippen molar-refractivity contribution in [2.75, 3.05) is 7.11 Å². The van der Waals surface area contributed by atoms with Gasteiger partial charge in [-0.05, 0) is 6.07 Å². The summed E-state index contributed by atoms with van der Waals surface area (Å²) < 4.78 is 17.7. The van der Waals surface area contributed by atoms with E-state index >= 15 is 0 Å². The van der Waals surface area contributed by atoms with Gasteiger partial charge in [0.15, 0.2) is 11.6 Å². The van der Waals surface area contributed by atoms with E-state index in [4.69, 9.17) is 5.73 Å². The van der Waals surface area contributed by atoms with E-state index in [2.05, 4.69) is 4.74 Å². The van der Waals surface area contributed by atoms with E-state index in [1.54, 1.807) is 0 Å². The largest absolute Gasteiger partial charge is 0.494 e. The Kier molecular flexibility index (Phi) is 2.98. The fraction of sp³-hybridized carbons (Fsp3) is 0.250. The second-order valence-corrected chi connectivity index (χ2v) is 2.58. The summed E-state index contributed by atoms with van der Waals surface area (Å²) in [5.74, 6) is -0.813. The highest BCUT2D eigenvalue weighted by Gasteiger charge is 2.17. The summed E-state index contributed by atoms with van der Waals surface area (Å²) in [4.78, 5) is 9.80. The van der Waals surface area contributed by atoms with Gasteiger partial charge in [0.05, 0.1) is 18.1 Å². The second-order valence-electron chi connectivity index (χ2n) is 2.58. The summed E-state index contributed by atoms with van der Waals surface area (Å²) in [6, 6.07) is 2.04. The quantitative estimate of drug-likeness (QED) is 0.587. The van der Waals surface area contributed by atoms with Crippen molar-refractivity contribution < 1.29 is 14.1 Å². The van der Waals surface area contributed by atoms with Crippen LogP contribution in [0.1, 0.15) is 5.56 Å². The lowest BCUT2D eigenvalue weighted by Gasteiger charge is -2.04. The third-order valence-electron chi connectivity index (χ3n) is 1.77. The van der Waals surface area contributed by atoms with Gasteiger partial charge in [0, 0.05) is 12.1 Å². The minimum Gasteiger partial charge on any atom is -0.494 e. The van der Waals surface area contributed by atoms with Crippen molar-refractivity contribution in [2.45, 2.75) is 6.54 Å². The summed E-state index contributed by atoms with van der Waals surface area (Å²) in [6.45, 7) is -0.0348. The van der Waals surface area contributed by atoms with Crippen molar-refractivity contribution in [3.05, 3.63) is 33.6 Å². The van der Waals surface area contributed by atoms with Gasteiger partial charge in [-0.3, -0.25) is 10.1 Å². The van der Waals surface area contributed by atoms with Gasteiger partial charge in [-0.15, -0.1) is 0 Å². The van der Waals surface area contributed by atoms with Crippen LogP contribution in [0, 0.1) is 15.9 Å². The minimum absolute atomic E-state index is 0.0348. The van der Waals surface area contributed by atoms with E-state index in [1.165, 1.54) is 13.2 Å². The standard InChI is InChI=1S/C8H9FN2O3/c1-14-8-2-5(4-10)7(11(12)13)3-6(8)9/h2-3H,4,10H2,1H3. The lowest BCUT2D eigenvalue weighted by molar-refractivity contribution is -0.385. The highest BCUT2D eigenvalue weighted by Crippen LogP contribution is 2.26. The molecule has 0 bridgehead atoms. The monoisotopic (exact) mass is 200 g/mol. The number of ether oxygens (including phenoxy) is 1. The zero-order valence-electron chi connectivity index (χ0n) is 7.49. The van der Waals surface area contributed by atoms with Crippen LogP contribution in [0.2, 0.25) is 0 Å². The molecule has 0 atom stereocenters. The van der Waals surface area contributed by atoms with Gasteiger partial charge < -0.3 is 10.5 Å². The first kappa shape index (κ1) is 10.4. The molecule has 0 heterocycles. The summed E-state index contributed by atoms with van der Waals surface area (Å²) >= 11 is 0. The van der Waals surface area contributed by atoms with E-state index in [1.807, 2.05) is 0 Å². The normalized spacial score (nSPS) is 9.93. The first-order valence-corrected chi connectivity index (χ1v) is 3.81. The third-order valence-corrected chi connectivity index (χ3v) is 1.77. The average molecular weight is 200 g/mol. The molecular weight excluding hydrogens is 191 g/mol. The van der Waals surface area contributed by atoms with Gasteiger partial charge in [-0.2, -0.15) is 0 Å². The van der Waals surface area contributed by atoms with E-state index in [0.29, 0.717) is 0 Å². The molecule has 14 heavy (non-hydrogen) atoms. The van der Waals surface area contributed by atoms with E-state index in [0.717, 1.165) is 6.07 Å². The predicted octanol–water partition coefficient (Wildman–Crippen LogP) is 1.20. The van der Waals surface area contributed by atoms with Crippen LogP contribution in [0.5, 0.6) is 5.75 Å². The Morgan fingerprint density at radius 3 is 2.71 bits per heavy atom. The number of hydrogen-bond donors (Lipinski definition) is 1. The molecule has 1 aromatic rings. The first-order chi connectivity index (χ1) is 6.60. The Labute approximate surface area is 79.4 Å². The SMILES string of the molecule is COc1cc(CN)c([N+](=O)[O-])cc1F. The van der Waals surface area contributed by atoms with Crippen LogP contribution in [0.4, 0.5) is 10.1 Å². The number of halogens is 1. The number of nitrogens with zero attached hydrogens (tertiary/aromatic N) is 1. The average Bonchev–Trinajstić information content (AvgIpc) is 2.17. The maximum Gasteiger partial charge on any atom is 0.277 e. The fourth-order valence-electron chi connectivity index (χ4n) is 1.07. The molecule has 0 amide bonds.